The van der Waals surface area contributed by atoms with E-state index < -0.39 is 10.0 Å². The first-order valence-corrected chi connectivity index (χ1v) is 8.80. The SMILES string of the molecule is NS(=O)(=O)c1ccc(OC2CCCCCC2)c(Br)c1. The number of hydrogen-bond acceptors (Lipinski definition) is 3. The van der Waals surface area contributed by atoms with Crippen molar-refractivity contribution in [3.8, 4) is 5.75 Å². The second-order valence-electron chi connectivity index (χ2n) is 4.87. The topological polar surface area (TPSA) is 69.4 Å². The molecule has 1 aliphatic carbocycles. The Hall–Kier alpha value is -0.590. The Bertz CT molecular complexity index is 537. The first-order chi connectivity index (χ1) is 8.97. The molecule has 0 aliphatic heterocycles. The molecule has 0 saturated heterocycles. The predicted octanol–water partition coefficient (Wildman–Crippen LogP) is 3.20. The Kier molecular flexibility index (Phi) is 4.86. The van der Waals surface area contributed by atoms with Gasteiger partial charge in [-0.3, -0.25) is 0 Å². The molecule has 0 unspecified atom stereocenters. The van der Waals surface area contributed by atoms with Gasteiger partial charge in [0.25, 0.3) is 0 Å². The summed E-state index contributed by atoms with van der Waals surface area (Å²) >= 11 is 3.34. The van der Waals surface area contributed by atoms with Crippen molar-refractivity contribution < 1.29 is 13.2 Å². The van der Waals surface area contributed by atoms with E-state index in [4.69, 9.17) is 9.88 Å². The fourth-order valence-corrected chi connectivity index (χ4v) is 3.46. The summed E-state index contributed by atoms with van der Waals surface area (Å²) in [7, 11) is -3.67. The van der Waals surface area contributed by atoms with Crippen LogP contribution >= 0.6 is 15.9 Å². The van der Waals surface area contributed by atoms with Crippen molar-refractivity contribution in [3.63, 3.8) is 0 Å². The Morgan fingerprint density at radius 2 is 1.79 bits per heavy atom. The molecule has 1 aliphatic rings. The lowest BCUT2D eigenvalue weighted by Gasteiger charge is -2.18. The number of ether oxygens (including phenoxy) is 1. The zero-order valence-electron chi connectivity index (χ0n) is 10.6. The molecule has 0 bridgehead atoms. The van der Waals surface area contributed by atoms with E-state index in [0.29, 0.717) is 10.2 Å². The Balaban J connectivity index is 2.12. The molecule has 1 aromatic rings. The van der Waals surface area contributed by atoms with Crippen molar-refractivity contribution in [3.05, 3.63) is 22.7 Å². The Morgan fingerprint density at radius 1 is 1.16 bits per heavy atom. The number of hydrogen-bond donors (Lipinski definition) is 1. The summed E-state index contributed by atoms with van der Waals surface area (Å²) in [5.74, 6) is 0.680. The summed E-state index contributed by atoms with van der Waals surface area (Å²) in [4.78, 5) is 0.0904. The molecule has 4 nitrogen and oxygen atoms in total. The standard InChI is InChI=1S/C13H18BrNO3S/c14-12-9-11(19(15,16)17)7-8-13(12)18-10-5-3-1-2-4-6-10/h7-10H,1-6H2,(H2,15,16,17). The molecule has 1 saturated carbocycles. The predicted molar refractivity (Wildman–Crippen MR) is 77.6 cm³/mol. The summed E-state index contributed by atoms with van der Waals surface area (Å²) in [5.41, 5.74) is 0. The maximum absolute atomic E-state index is 11.2. The third-order valence-electron chi connectivity index (χ3n) is 3.33. The van der Waals surface area contributed by atoms with Crippen LogP contribution in [0.25, 0.3) is 0 Å². The van der Waals surface area contributed by atoms with Gasteiger partial charge in [0, 0.05) is 0 Å². The normalized spacial score (nSPS) is 18.0. The number of nitrogens with two attached hydrogens (primary N) is 1. The number of sulfonamides is 1. The van der Waals surface area contributed by atoms with Crippen LogP contribution in [0.4, 0.5) is 0 Å². The van der Waals surface area contributed by atoms with Gasteiger partial charge >= 0.3 is 0 Å². The van der Waals surface area contributed by atoms with E-state index in [9.17, 15) is 8.42 Å². The van der Waals surface area contributed by atoms with Crippen LogP contribution in [0.1, 0.15) is 38.5 Å². The van der Waals surface area contributed by atoms with Gasteiger partial charge in [-0.25, -0.2) is 13.6 Å². The monoisotopic (exact) mass is 347 g/mol. The molecule has 106 valence electrons. The number of primary sulfonamides is 1. The van der Waals surface area contributed by atoms with Crippen LogP contribution in [0.3, 0.4) is 0 Å². The smallest absolute Gasteiger partial charge is 0.238 e. The summed E-state index contributed by atoms with van der Waals surface area (Å²) in [6.07, 6.45) is 7.26. The molecule has 1 aromatic carbocycles. The molecule has 1 fully saturated rings. The summed E-state index contributed by atoms with van der Waals surface area (Å²) in [6, 6.07) is 4.63. The largest absolute Gasteiger partial charge is 0.489 e. The van der Waals surface area contributed by atoms with Crippen molar-refractivity contribution in [2.24, 2.45) is 5.14 Å². The molecule has 2 N–H and O–H groups in total. The molecule has 0 radical (unpaired) electrons. The zero-order valence-corrected chi connectivity index (χ0v) is 13.0. The van der Waals surface area contributed by atoms with E-state index in [1.54, 1.807) is 6.07 Å². The highest BCUT2D eigenvalue weighted by Gasteiger charge is 2.16. The van der Waals surface area contributed by atoms with Crippen molar-refractivity contribution in [2.45, 2.75) is 49.5 Å². The van der Waals surface area contributed by atoms with Gasteiger partial charge in [-0.15, -0.1) is 0 Å². The van der Waals surface area contributed by atoms with Gasteiger partial charge in [-0.1, -0.05) is 12.8 Å². The zero-order chi connectivity index (χ0) is 13.9. The minimum absolute atomic E-state index is 0.0904. The van der Waals surface area contributed by atoms with Crippen LogP contribution in [0.2, 0.25) is 0 Å². The molecule has 0 heterocycles. The van der Waals surface area contributed by atoms with Crippen molar-refractivity contribution >= 4 is 26.0 Å². The second-order valence-corrected chi connectivity index (χ2v) is 7.28. The van der Waals surface area contributed by atoms with Crippen molar-refractivity contribution in [1.29, 1.82) is 0 Å². The van der Waals surface area contributed by atoms with Crippen LogP contribution < -0.4 is 9.88 Å². The maximum atomic E-state index is 11.2. The van der Waals surface area contributed by atoms with Gasteiger partial charge in [0.15, 0.2) is 0 Å². The van der Waals surface area contributed by atoms with E-state index in [0.717, 1.165) is 12.8 Å². The Morgan fingerprint density at radius 3 is 2.32 bits per heavy atom. The third kappa shape index (κ3) is 4.19. The molecular formula is C13H18BrNO3S. The van der Waals surface area contributed by atoms with Gasteiger partial charge in [0.05, 0.1) is 15.5 Å². The van der Waals surface area contributed by atoms with Gasteiger partial charge < -0.3 is 4.74 Å². The molecule has 0 atom stereocenters. The van der Waals surface area contributed by atoms with Gasteiger partial charge in [-0.2, -0.15) is 0 Å². The van der Waals surface area contributed by atoms with E-state index >= 15 is 0 Å². The second kappa shape index (κ2) is 6.24. The molecule has 6 heteroatoms. The highest BCUT2D eigenvalue weighted by atomic mass is 79.9. The van der Waals surface area contributed by atoms with E-state index in [1.165, 1.54) is 37.8 Å². The quantitative estimate of drug-likeness (QED) is 0.853. The van der Waals surface area contributed by atoms with Crippen LogP contribution in [0, 0.1) is 0 Å². The number of halogens is 1. The minimum Gasteiger partial charge on any atom is -0.489 e. The van der Waals surface area contributed by atoms with Crippen LogP contribution in [-0.4, -0.2) is 14.5 Å². The summed E-state index contributed by atoms with van der Waals surface area (Å²) in [6.45, 7) is 0. The molecule has 0 aromatic heterocycles. The summed E-state index contributed by atoms with van der Waals surface area (Å²) in [5, 5.41) is 5.09. The van der Waals surface area contributed by atoms with Gasteiger partial charge in [0.2, 0.25) is 10.0 Å². The van der Waals surface area contributed by atoms with Crippen LogP contribution in [0.15, 0.2) is 27.6 Å². The van der Waals surface area contributed by atoms with Gasteiger partial charge in [-0.05, 0) is 59.8 Å². The lowest BCUT2D eigenvalue weighted by atomic mass is 10.1. The average molecular weight is 348 g/mol. The fourth-order valence-electron chi connectivity index (χ4n) is 2.29. The molecular weight excluding hydrogens is 330 g/mol. The molecule has 2 rings (SSSR count). The average Bonchev–Trinajstić information content (AvgIpc) is 2.59. The first kappa shape index (κ1) is 14.8. The fraction of sp³-hybridized carbons (Fsp3) is 0.538. The highest BCUT2D eigenvalue weighted by molar-refractivity contribution is 9.10. The van der Waals surface area contributed by atoms with E-state index in [1.807, 2.05) is 0 Å². The van der Waals surface area contributed by atoms with Crippen molar-refractivity contribution in [2.75, 3.05) is 0 Å². The summed E-state index contributed by atoms with van der Waals surface area (Å²) < 4.78 is 29.1. The number of benzene rings is 1. The van der Waals surface area contributed by atoms with Gasteiger partial charge in [0.1, 0.15) is 5.75 Å². The lowest BCUT2D eigenvalue weighted by molar-refractivity contribution is 0.182. The Labute approximate surface area is 122 Å². The van der Waals surface area contributed by atoms with Crippen LogP contribution in [0.5, 0.6) is 5.75 Å². The van der Waals surface area contributed by atoms with E-state index in [2.05, 4.69) is 15.9 Å². The van der Waals surface area contributed by atoms with Crippen LogP contribution in [-0.2, 0) is 10.0 Å². The highest BCUT2D eigenvalue weighted by Crippen LogP contribution is 2.30. The first-order valence-electron chi connectivity index (χ1n) is 6.46. The minimum atomic E-state index is -3.67. The van der Waals surface area contributed by atoms with E-state index in [-0.39, 0.29) is 11.0 Å². The lowest BCUT2D eigenvalue weighted by Crippen LogP contribution is -2.16. The maximum Gasteiger partial charge on any atom is 0.238 e. The molecule has 0 amide bonds. The van der Waals surface area contributed by atoms with Crippen molar-refractivity contribution in [1.82, 2.24) is 0 Å². The molecule has 0 spiro atoms. The third-order valence-corrected chi connectivity index (χ3v) is 4.86. The molecule has 19 heavy (non-hydrogen) atoms. The number of rotatable bonds is 3.